The van der Waals surface area contributed by atoms with Crippen molar-refractivity contribution in [1.82, 2.24) is 9.88 Å². The summed E-state index contributed by atoms with van der Waals surface area (Å²) in [6.07, 6.45) is 1.72. The van der Waals surface area contributed by atoms with E-state index >= 15 is 0 Å². The first-order valence-corrected chi connectivity index (χ1v) is 5.20. The number of morpholine rings is 1. The van der Waals surface area contributed by atoms with Gasteiger partial charge in [-0.15, -0.1) is 11.3 Å². The van der Waals surface area contributed by atoms with Crippen LogP contribution in [0.15, 0.2) is 11.6 Å². The number of nitrogens with zero attached hydrogens (tertiary/aromatic N) is 2. The number of hydrogen-bond acceptors (Lipinski definition) is 4. The van der Waals surface area contributed by atoms with E-state index in [9.17, 15) is 4.79 Å². The molecule has 1 saturated heterocycles. The number of carbonyl (C=O) groups is 1. The van der Waals surface area contributed by atoms with Crippen molar-refractivity contribution in [3.8, 4) is 0 Å². The van der Waals surface area contributed by atoms with Gasteiger partial charge in [-0.05, 0) is 0 Å². The highest BCUT2D eigenvalue weighted by Gasteiger charge is 2.28. The Morgan fingerprint density at radius 2 is 2.64 bits per heavy atom. The van der Waals surface area contributed by atoms with E-state index in [1.54, 1.807) is 11.1 Å². The molecule has 14 heavy (non-hydrogen) atoms. The summed E-state index contributed by atoms with van der Waals surface area (Å²) >= 11 is 1.51. The van der Waals surface area contributed by atoms with E-state index < -0.39 is 6.03 Å². The van der Waals surface area contributed by atoms with Gasteiger partial charge in [-0.2, -0.15) is 0 Å². The summed E-state index contributed by atoms with van der Waals surface area (Å²) in [7, 11) is 0. The van der Waals surface area contributed by atoms with Gasteiger partial charge in [0.1, 0.15) is 11.0 Å². The number of nitrogens with two attached hydrogens (primary N) is 1. The molecule has 2 rings (SSSR count). The number of ether oxygens (including phenoxy) is 1. The highest BCUT2D eigenvalue weighted by Crippen LogP contribution is 2.25. The maximum Gasteiger partial charge on any atom is 0.315 e. The molecule has 1 unspecified atom stereocenters. The van der Waals surface area contributed by atoms with Crippen molar-refractivity contribution in [1.29, 1.82) is 0 Å². The lowest BCUT2D eigenvalue weighted by molar-refractivity contribution is 0.0136. The van der Waals surface area contributed by atoms with E-state index in [0.717, 1.165) is 5.01 Å². The van der Waals surface area contributed by atoms with Crippen LogP contribution in [0.5, 0.6) is 0 Å². The van der Waals surface area contributed by atoms with Crippen LogP contribution >= 0.6 is 11.3 Å². The van der Waals surface area contributed by atoms with E-state index in [4.69, 9.17) is 10.5 Å². The summed E-state index contributed by atoms with van der Waals surface area (Å²) in [5.41, 5.74) is 5.27. The molecule has 0 radical (unpaired) electrons. The summed E-state index contributed by atoms with van der Waals surface area (Å²) in [5.74, 6) is 0. The van der Waals surface area contributed by atoms with Crippen LogP contribution in [0.2, 0.25) is 0 Å². The second-order valence-electron chi connectivity index (χ2n) is 2.99. The zero-order valence-corrected chi connectivity index (χ0v) is 8.37. The smallest absolute Gasteiger partial charge is 0.315 e. The largest absolute Gasteiger partial charge is 0.377 e. The minimum Gasteiger partial charge on any atom is -0.377 e. The first-order chi connectivity index (χ1) is 6.79. The van der Waals surface area contributed by atoms with Crippen LogP contribution in [0, 0.1) is 0 Å². The average molecular weight is 213 g/mol. The van der Waals surface area contributed by atoms with E-state index in [2.05, 4.69) is 4.98 Å². The topological polar surface area (TPSA) is 68.5 Å². The molecular weight excluding hydrogens is 202 g/mol. The van der Waals surface area contributed by atoms with E-state index in [1.165, 1.54) is 11.3 Å². The molecule has 0 bridgehead atoms. The predicted octanol–water partition coefficient (Wildman–Crippen LogP) is 0.595. The number of rotatable bonds is 1. The first kappa shape index (κ1) is 9.42. The average Bonchev–Trinajstić information content (AvgIpc) is 2.70. The molecule has 1 aliphatic heterocycles. The minimum atomic E-state index is -0.409. The molecule has 2 amide bonds. The van der Waals surface area contributed by atoms with Crippen LogP contribution in [-0.2, 0) is 4.74 Å². The number of hydrogen-bond donors (Lipinski definition) is 1. The Morgan fingerprint density at radius 3 is 3.29 bits per heavy atom. The lowest BCUT2D eigenvalue weighted by Gasteiger charge is -2.32. The van der Waals surface area contributed by atoms with Gasteiger partial charge in [-0.3, -0.25) is 0 Å². The lowest BCUT2D eigenvalue weighted by Crippen LogP contribution is -2.45. The molecule has 0 aliphatic carbocycles. The van der Waals surface area contributed by atoms with Crippen molar-refractivity contribution < 1.29 is 9.53 Å². The van der Waals surface area contributed by atoms with Crippen LogP contribution in [0.1, 0.15) is 11.0 Å². The Bertz CT molecular complexity index is 314. The fourth-order valence-electron chi connectivity index (χ4n) is 1.47. The van der Waals surface area contributed by atoms with Crippen molar-refractivity contribution in [2.24, 2.45) is 5.73 Å². The Balaban J connectivity index is 2.18. The van der Waals surface area contributed by atoms with Crippen LogP contribution in [0.4, 0.5) is 4.79 Å². The Kier molecular flexibility index (Phi) is 2.64. The highest BCUT2D eigenvalue weighted by molar-refractivity contribution is 7.09. The Hall–Kier alpha value is -1.14. The molecule has 1 atom stereocenters. The number of urea groups is 1. The summed E-state index contributed by atoms with van der Waals surface area (Å²) in [5, 5.41) is 2.76. The second-order valence-corrected chi connectivity index (χ2v) is 3.92. The van der Waals surface area contributed by atoms with Gasteiger partial charge in [0.15, 0.2) is 0 Å². The molecule has 1 aromatic rings. The molecule has 5 nitrogen and oxygen atoms in total. The van der Waals surface area contributed by atoms with Crippen molar-refractivity contribution in [2.45, 2.75) is 6.04 Å². The van der Waals surface area contributed by atoms with Gasteiger partial charge in [0.05, 0.1) is 13.2 Å². The molecule has 6 heteroatoms. The van der Waals surface area contributed by atoms with Gasteiger partial charge in [-0.1, -0.05) is 0 Å². The maximum absolute atomic E-state index is 11.1. The zero-order valence-electron chi connectivity index (χ0n) is 7.55. The lowest BCUT2D eigenvalue weighted by atomic mass is 10.2. The zero-order chi connectivity index (χ0) is 9.97. The van der Waals surface area contributed by atoms with Crippen molar-refractivity contribution >= 4 is 17.4 Å². The normalized spacial score (nSPS) is 22.3. The van der Waals surface area contributed by atoms with Crippen molar-refractivity contribution in [3.63, 3.8) is 0 Å². The van der Waals surface area contributed by atoms with E-state index in [1.807, 2.05) is 5.38 Å². The van der Waals surface area contributed by atoms with Gasteiger partial charge in [0.2, 0.25) is 0 Å². The fraction of sp³-hybridized carbons (Fsp3) is 0.500. The summed E-state index contributed by atoms with van der Waals surface area (Å²) in [4.78, 5) is 16.9. The molecule has 1 aliphatic rings. The van der Waals surface area contributed by atoms with Gasteiger partial charge in [0.25, 0.3) is 0 Å². The van der Waals surface area contributed by atoms with Crippen LogP contribution in [0.25, 0.3) is 0 Å². The SMILES string of the molecule is NC(=O)N1CCOCC1c1nccs1. The van der Waals surface area contributed by atoms with Crippen LogP contribution in [-0.4, -0.2) is 35.7 Å². The third-order valence-corrected chi connectivity index (χ3v) is 3.02. The Morgan fingerprint density at radius 1 is 1.79 bits per heavy atom. The summed E-state index contributed by atoms with van der Waals surface area (Å²) in [6.45, 7) is 1.57. The highest BCUT2D eigenvalue weighted by atomic mass is 32.1. The molecule has 0 spiro atoms. The van der Waals surface area contributed by atoms with Crippen LogP contribution in [0.3, 0.4) is 0 Å². The minimum absolute atomic E-state index is 0.110. The van der Waals surface area contributed by atoms with Gasteiger partial charge in [-0.25, -0.2) is 9.78 Å². The van der Waals surface area contributed by atoms with E-state index in [-0.39, 0.29) is 6.04 Å². The number of amides is 2. The quantitative estimate of drug-likeness (QED) is 0.742. The first-order valence-electron chi connectivity index (χ1n) is 4.32. The number of primary amides is 1. The van der Waals surface area contributed by atoms with E-state index in [0.29, 0.717) is 19.8 Å². The molecule has 1 fully saturated rings. The standard InChI is InChI=1S/C8H11N3O2S/c9-8(12)11-2-3-13-5-6(11)7-10-1-4-14-7/h1,4,6H,2-3,5H2,(H2,9,12). The summed E-state index contributed by atoms with van der Waals surface area (Å²) in [6, 6.07) is -0.519. The monoisotopic (exact) mass is 213 g/mol. The third-order valence-electron chi connectivity index (χ3n) is 2.15. The molecule has 1 aromatic heterocycles. The van der Waals surface area contributed by atoms with Crippen molar-refractivity contribution in [2.75, 3.05) is 19.8 Å². The molecule has 0 saturated carbocycles. The van der Waals surface area contributed by atoms with Gasteiger partial charge >= 0.3 is 6.03 Å². The molecular formula is C8H11N3O2S. The molecule has 0 aromatic carbocycles. The molecule has 76 valence electrons. The number of aromatic nitrogens is 1. The van der Waals surface area contributed by atoms with Crippen molar-refractivity contribution in [3.05, 3.63) is 16.6 Å². The fourth-order valence-corrected chi connectivity index (χ4v) is 2.21. The second kappa shape index (κ2) is 3.93. The predicted molar refractivity (Wildman–Crippen MR) is 52.0 cm³/mol. The molecule has 2 N–H and O–H groups in total. The third kappa shape index (κ3) is 1.71. The van der Waals surface area contributed by atoms with Gasteiger partial charge < -0.3 is 15.4 Å². The van der Waals surface area contributed by atoms with Gasteiger partial charge in [0, 0.05) is 18.1 Å². The molecule has 2 heterocycles. The maximum atomic E-state index is 11.1. The Labute approximate surface area is 85.5 Å². The number of carbonyl (C=O) groups excluding carboxylic acids is 1. The number of thiazole rings is 1. The summed E-state index contributed by atoms with van der Waals surface area (Å²) < 4.78 is 5.30. The van der Waals surface area contributed by atoms with Crippen LogP contribution < -0.4 is 5.73 Å².